The van der Waals surface area contributed by atoms with Crippen molar-refractivity contribution in [3.8, 4) is 11.5 Å². The topological polar surface area (TPSA) is 102 Å². The van der Waals surface area contributed by atoms with Crippen LogP contribution in [0.25, 0.3) is 0 Å². The van der Waals surface area contributed by atoms with Gasteiger partial charge in [-0.25, -0.2) is 0 Å². The van der Waals surface area contributed by atoms with Crippen LogP contribution >= 0.6 is 11.6 Å². The largest absolute Gasteiger partial charge is 0.480 e. The predicted octanol–water partition coefficient (Wildman–Crippen LogP) is 4.77. The molecule has 144 valence electrons. The maximum atomic E-state index is 11.2. The molecule has 0 aliphatic carbocycles. The molecule has 2 N–H and O–H groups in total. The van der Waals surface area contributed by atoms with E-state index in [1.165, 1.54) is 18.2 Å². The smallest absolute Gasteiger partial charge is 0.320 e. The molecule has 0 aliphatic rings. The van der Waals surface area contributed by atoms with Crippen molar-refractivity contribution in [3.05, 3.63) is 63.2 Å². The van der Waals surface area contributed by atoms with Crippen LogP contribution in [0, 0.1) is 10.1 Å². The lowest BCUT2D eigenvalue weighted by Gasteiger charge is -2.14. The number of halogens is 1. The summed E-state index contributed by atoms with van der Waals surface area (Å²) < 4.78 is 5.58. The van der Waals surface area contributed by atoms with Gasteiger partial charge in [-0.05, 0) is 36.2 Å². The molecule has 8 heteroatoms. The van der Waals surface area contributed by atoms with Crippen LogP contribution in [-0.2, 0) is 11.3 Å². The highest BCUT2D eigenvalue weighted by Crippen LogP contribution is 2.33. The van der Waals surface area contributed by atoms with Crippen molar-refractivity contribution in [2.75, 3.05) is 0 Å². The summed E-state index contributed by atoms with van der Waals surface area (Å²) in [5.74, 6) is -0.329. The fraction of sp³-hybridized carbons (Fsp3) is 0.316. The van der Waals surface area contributed by atoms with Crippen molar-refractivity contribution in [3.63, 3.8) is 0 Å². The van der Waals surface area contributed by atoms with Gasteiger partial charge in [0.1, 0.15) is 11.8 Å². The summed E-state index contributed by atoms with van der Waals surface area (Å²) in [6.45, 7) is 2.42. The summed E-state index contributed by atoms with van der Waals surface area (Å²) in [7, 11) is 0. The first-order valence-electron chi connectivity index (χ1n) is 8.57. The van der Waals surface area contributed by atoms with Gasteiger partial charge in [-0.1, -0.05) is 43.5 Å². The molecular weight excluding hydrogens is 372 g/mol. The number of hydrogen-bond donors (Lipinski definition) is 2. The molecular formula is C19H21ClN2O5. The van der Waals surface area contributed by atoms with Crippen molar-refractivity contribution in [1.82, 2.24) is 5.32 Å². The Hall–Kier alpha value is -2.64. The maximum Gasteiger partial charge on any atom is 0.320 e. The molecule has 2 rings (SSSR count). The first-order valence-corrected chi connectivity index (χ1v) is 8.95. The van der Waals surface area contributed by atoms with E-state index < -0.39 is 16.9 Å². The van der Waals surface area contributed by atoms with Crippen molar-refractivity contribution in [1.29, 1.82) is 0 Å². The number of carbonyl (C=O) groups is 1. The van der Waals surface area contributed by atoms with Gasteiger partial charge >= 0.3 is 11.7 Å². The fourth-order valence-corrected chi connectivity index (χ4v) is 2.65. The summed E-state index contributed by atoms with van der Waals surface area (Å²) in [4.78, 5) is 21.8. The summed E-state index contributed by atoms with van der Waals surface area (Å²) in [6, 6.07) is 10.5. The van der Waals surface area contributed by atoms with Gasteiger partial charge in [0.25, 0.3) is 0 Å². The van der Waals surface area contributed by atoms with E-state index in [1.807, 2.05) is 6.92 Å². The zero-order valence-electron chi connectivity index (χ0n) is 14.9. The Labute approximate surface area is 162 Å². The second-order valence-electron chi connectivity index (χ2n) is 6.03. The first kappa shape index (κ1) is 20.7. The van der Waals surface area contributed by atoms with Gasteiger partial charge in [0, 0.05) is 17.6 Å². The number of nitrogens with one attached hydrogen (secondary N) is 1. The Bertz CT molecular complexity index is 795. The van der Waals surface area contributed by atoms with Crippen LogP contribution in [0.15, 0.2) is 42.5 Å². The lowest BCUT2D eigenvalue weighted by molar-refractivity contribution is -0.385. The predicted molar refractivity (Wildman–Crippen MR) is 102 cm³/mol. The average Bonchev–Trinajstić information content (AvgIpc) is 2.64. The monoisotopic (exact) mass is 392 g/mol. The minimum absolute atomic E-state index is 0.0979. The van der Waals surface area contributed by atoms with E-state index in [2.05, 4.69) is 5.32 Å². The number of ether oxygens (including phenoxy) is 1. The SMILES string of the molecule is CCCC[C@H](NCc1ccc(Oc2ccc(Cl)cc2[N+](=O)[O-])cc1)C(=O)O. The molecule has 0 radical (unpaired) electrons. The molecule has 1 atom stereocenters. The molecule has 0 saturated heterocycles. The molecule has 0 bridgehead atoms. The molecule has 0 aromatic heterocycles. The van der Waals surface area contributed by atoms with Gasteiger partial charge in [0.15, 0.2) is 0 Å². The second kappa shape index (κ2) is 9.89. The number of unbranched alkanes of at least 4 members (excludes halogenated alkanes) is 1. The Kier molecular flexibility index (Phi) is 7.57. The molecule has 0 unspecified atom stereocenters. The summed E-state index contributed by atoms with van der Waals surface area (Å²) >= 11 is 5.79. The first-order chi connectivity index (χ1) is 12.9. The molecule has 0 heterocycles. The van der Waals surface area contributed by atoms with Crippen molar-refractivity contribution in [2.45, 2.75) is 38.8 Å². The number of carboxylic acid groups (broad SMARTS) is 1. The van der Waals surface area contributed by atoms with Crippen molar-refractivity contribution < 1.29 is 19.6 Å². The van der Waals surface area contributed by atoms with E-state index >= 15 is 0 Å². The minimum atomic E-state index is -0.863. The van der Waals surface area contributed by atoms with E-state index in [4.69, 9.17) is 16.3 Å². The van der Waals surface area contributed by atoms with E-state index in [1.54, 1.807) is 24.3 Å². The number of benzene rings is 2. The summed E-state index contributed by atoms with van der Waals surface area (Å²) in [5, 5.41) is 23.6. The third kappa shape index (κ3) is 6.23. The minimum Gasteiger partial charge on any atom is -0.480 e. The second-order valence-corrected chi connectivity index (χ2v) is 6.47. The van der Waals surface area contributed by atoms with Crippen LogP contribution in [0.3, 0.4) is 0 Å². The van der Waals surface area contributed by atoms with Gasteiger partial charge in [0.05, 0.1) is 4.92 Å². The molecule has 0 saturated carbocycles. The highest BCUT2D eigenvalue weighted by Gasteiger charge is 2.17. The fourth-order valence-electron chi connectivity index (χ4n) is 2.48. The number of nitrogens with zero attached hydrogens (tertiary/aromatic N) is 1. The Balaban J connectivity index is 2.01. The van der Waals surface area contributed by atoms with Gasteiger partial charge in [-0.3, -0.25) is 14.9 Å². The number of aliphatic carboxylic acids is 1. The van der Waals surface area contributed by atoms with Gasteiger partial charge in [0.2, 0.25) is 5.75 Å². The van der Waals surface area contributed by atoms with Crippen molar-refractivity contribution in [2.24, 2.45) is 0 Å². The zero-order chi connectivity index (χ0) is 19.8. The molecule has 2 aromatic rings. The number of rotatable bonds is 10. The van der Waals surface area contributed by atoms with Crippen molar-refractivity contribution >= 4 is 23.3 Å². The lowest BCUT2D eigenvalue weighted by atomic mass is 10.1. The number of carboxylic acids is 1. The number of nitro benzene ring substituents is 1. The molecule has 0 fully saturated rings. The normalized spacial score (nSPS) is 11.8. The quantitative estimate of drug-likeness (QED) is 0.446. The lowest BCUT2D eigenvalue weighted by Crippen LogP contribution is -2.36. The Morgan fingerprint density at radius 2 is 2.00 bits per heavy atom. The number of hydrogen-bond acceptors (Lipinski definition) is 5. The van der Waals surface area contributed by atoms with E-state index in [0.717, 1.165) is 18.4 Å². The van der Waals surface area contributed by atoms with Crippen LogP contribution in [0.2, 0.25) is 5.02 Å². The summed E-state index contributed by atoms with van der Waals surface area (Å²) in [5.41, 5.74) is 0.671. The molecule has 7 nitrogen and oxygen atoms in total. The van der Waals surface area contributed by atoms with Gasteiger partial charge in [-0.15, -0.1) is 0 Å². The van der Waals surface area contributed by atoms with E-state index in [9.17, 15) is 20.0 Å². The van der Waals surface area contributed by atoms with E-state index in [0.29, 0.717) is 18.7 Å². The Morgan fingerprint density at radius 1 is 1.30 bits per heavy atom. The molecule has 0 spiro atoms. The highest BCUT2D eigenvalue weighted by molar-refractivity contribution is 6.30. The third-order valence-corrected chi connectivity index (χ3v) is 4.20. The van der Waals surface area contributed by atoms with Gasteiger partial charge in [-0.2, -0.15) is 0 Å². The third-order valence-electron chi connectivity index (χ3n) is 3.97. The Morgan fingerprint density at radius 3 is 2.59 bits per heavy atom. The van der Waals surface area contributed by atoms with E-state index in [-0.39, 0.29) is 16.5 Å². The highest BCUT2D eigenvalue weighted by atomic mass is 35.5. The molecule has 0 aliphatic heterocycles. The summed E-state index contributed by atoms with van der Waals surface area (Å²) in [6.07, 6.45) is 2.36. The van der Waals surface area contributed by atoms with Crippen LogP contribution in [0.4, 0.5) is 5.69 Å². The number of nitro groups is 1. The standard InChI is InChI=1S/C19H21ClN2O5/c1-2-3-4-16(19(23)24)21-12-13-5-8-15(9-6-13)27-18-10-7-14(20)11-17(18)22(25)26/h5-11,16,21H,2-4,12H2,1H3,(H,23,24)/t16-/m0/s1. The van der Waals surface area contributed by atoms with Crippen LogP contribution < -0.4 is 10.1 Å². The van der Waals surface area contributed by atoms with Crippen LogP contribution in [-0.4, -0.2) is 22.0 Å². The van der Waals surface area contributed by atoms with Crippen LogP contribution in [0.1, 0.15) is 31.7 Å². The average molecular weight is 393 g/mol. The molecule has 27 heavy (non-hydrogen) atoms. The molecule has 0 amide bonds. The molecule has 2 aromatic carbocycles. The zero-order valence-corrected chi connectivity index (χ0v) is 15.6. The van der Waals surface area contributed by atoms with Gasteiger partial charge < -0.3 is 15.2 Å². The van der Waals surface area contributed by atoms with Crippen LogP contribution in [0.5, 0.6) is 11.5 Å². The maximum absolute atomic E-state index is 11.2.